The molecule has 0 radical (unpaired) electrons. The van der Waals surface area contributed by atoms with Crippen molar-refractivity contribution in [3.05, 3.63) is 75.4 Å². The molecule has 0 saturated carbocycles. The predicted octanol–water partition coefficient (Wildman–Crippen LogP) is 4.98. The largest absolute Gasteiger partial charge is 0.459 e. The van der Waals surface area contributed by atoms with Gasteiger partial charge in [-0.15, -0.1) is 0 Å². The van der Waals surface area contributed by atoms with E-state index in [0.717, 1.165) is 4.47 Å². The molecule has 3 N–H and O–H groups in total. The standard InChI is InChI=1S/C19H14BrClN2O3S/c20-12-3-1-11(2-4-12)18(25)23-19(27)22-13-5-7-16(21)15(9-13)17-8-6-14(10-24)26-17/h1-9,24H,10H2,(H2,22,23,25,27). The number of anilines is 1. The highest BCUT2D eigenvalue weighted by Gasteiger charge is 2.12. The molecule has 1 aromatic heterocycles. The van der Waals surface area contributed by atoms with E-state index in [2.05, 4.69) is 26.6 Å². The molecule has 0 unspecified atom stereocenters. The van der Waals surface area contributed by atoms with Crippen LogP contribution in [0, 0.1) is 0 Å². The van der Waals surface area contributed by atoms with Gasteiger partial charge in [-0.1, -0.05) is 27.5 Å². The summed E-state index contributed by atoms with van der Waals surface area (Å²) in [5.74, 6) is 0.655. The fourth-order valence-corrected chi connectivity index (χ4v) is 3.02. The number of thiocarbonyl (C=S) groups is 1. The van der Waals surface area contributed by atoms with E-state index in [1.807, 2.05) is 0 Å². The van der Waals surface area contributed by atoms with Gasteiger partial charge >= 0.3 is 0 Å². The number of halogens is 2. The fraction of sp³-hybridized carbons (Fsp3) is 0.0526. The molecule has 2 aromatic carbocycles. The van der Waals surface area contributed by atoms with Crippen molar-refractivity contribution in [2.45, 2.75) is 6.61 Å². The van der Waals surface area contributed by atoms with E-state index < -0.39 is 0 Å². The Morgan fingerprint density at radius 3 is 2.56 bits per heavy atom. The van der Waals surface area contributed by atoms with E-state index in [1.165, 1.54) is 0 Å². The van der Waals surface area contributed by atoms with Crippen LogP contribution in [-0.2, 0) is 6.61 Å². The lowest BCUT2D eigenvalue weighted by atomic mass is 10.1. The molecule has 0 saturated heterocycles. The maximum Gasteiger partial charge on any atom is 0.257 e. The Labute approximate surface area is 174 Å². The van der Waals surface area contributed by atoms with Crippen LogP contribution in [0.4, 0.5) is 5.69 Å². The summed E-state index contributed by atoms with van der Waals surface area (Å²) in [6.07, 6.45) is 0. The highest BCUT2D eigenvalue weighted by atomic mass is 79.9. The van der Waals surface area contributed by atoms with Crippen LogP contribution in [0.5, 0.6) is 0 Å². The quantitative estimate of drug-likeness (QED) is 0.474. The third-order valence-corrected chi connectivity index (χ3v) is 4.70. The van der Waals surface area contributed by atoms with Crippen molar-refractivity contribution < 1.29 is 14.3 Å². The van der Waals surface area contributed by atoms with Gasteiger partial charge < -0.3 is 14.8 Å². The third kappa shape index (κ3) is 4.95. The number of hydrogen-bond acceptors (Lipinski definition) is 4. The number of carbonyl (C=O) groups is 1. The summed E-state index contributed by atoms with van der Waals surface area (Å²) >= 11 is 14.8. The van der Waals surface area contributed by atoms with Gasteiger partial charge in [-0.2, -0.15) is 0 Å². The zero-order valence-corrected chi connectivity index (χ0v) is 17.0. The van der Waals surface area contributed by atoms with Crippen LogP contribution in [0.1, 0.15) is 16.1 Å². The minimum absolute atomic E-state index is 0.159. The number of aliphatic hydroxyl groups excluding tert-OH is 1. The van der Waals surface area contributed by atoms with Crippen molar-refractivity contribution >= 4 is 56.5 Å². The molecule has 3 rings (SSSR count). The molecule has 138 valence electrons. The number of rotatable bonds is 4. The van der Waals surface area contributed by atoms with Crippen LogP contribution < -0.4 is 10.6 Å². The Morgan fingerprint density at radius 2 is 1.89 bits per heavy atom. The molecule has 0 aliphatic heterocycles. The van der Waals surface area contributed by atoms with Gasteiger partial charge in [-0.05, 0) is 66.8 Å². The molecular formula is C19H14BrClN2O3S. The zero-order valence-electron chi connectivity index (χ0n) is 13.8. The van der Waals surface area contributed by atoms with Crippen LogP contribution in [0.3, 0.4) is 0 Å². The molecular weight excluding hydrogens is 452 g/mol. The number of amides is 1. The van der Waals surface area contributed by atoms with Crippen molar-refractivity contribution in [2.75, 3.05) is 5.32 Å². The molecule has 5 nitrogen and oxygen atoms in total. The van der Waals surface area contributed by atoms with Crippen LogP contribution in [0.25, 0.3) is 11.3 Å². The Kier molecular flexibility index (Phi) is 6.28. The second-order valence-corrected chi connectivity index (χ2v) is 7.26. The average Bonchev–Trinajstić information content (AvgIpc) is 3.12. The molecule has 0 spiro atoms. The Morgan fingerprint density at radius 1 is 1.15 bits per heavy atom. The molecule has 1 amide bonds. The Bertz CT molecular complexity index is 989. The molecule has 0 bridgehead atoms. The first-order valence-corrected chi connectivity index (χ1v) is 9.41. The molecule has 27 heavy (non-hydrogen) atoms. The normalized spacial score (nSPS) is 10.5. The van der Waals surface area contributed by atoms with Gasteiger partial charge in [0.25, 0.3) is 5.91 Å². The summed E-state index contributed by atoms with van der Waals surface area (Å²) < 4.78 is 6.41. The first-order valence-electron chi connectivity index (χ1n) is 7.83. The Hall–Kier alpha value is -2.19. The summed E-state index contributed by atoms with van der Waals surface area (Å²) in [6, 6.07) is 15.5. The van der Waals surface area contributed by atoms with Crippen LogP contribution in [0.2, 0.25) is 5.02 Å². The SMILES string of the molecule is O=C(NC(=S)Nc1ccc(Cl)c(-c2ccc(CO)o2)c1)c1ccc(Br)cc1. The lowest BCUT2D eigenvalue weighted by molar-refractivity contribution is 0.0977. The molecule has 1 heterocycles. The van der Waals surface area contributed by atoms with Gasteiger partial charge in [0.05, 0.1) is 5.02 Å². The number of nitrogens with one attached hydrogen (secondary N) is 2. The minimum Gasteiger partial charge on any atom is -0.459 e. The molecule has 0 aliphatic carbocycles. The number of carbonyl (C=O) groups excluding carboxylic acids is 1. The lowest BCUT2D eigenvalue weighted by Crippen LogP contribution is -2.34. The number of furan rings is 1. The summed E-state index contributed by atoms with van der Waals surface area (Å²) in [5, 5.41) is 15.4. The smallest absolute Gasteiger partial charge is 0.257 e. The van der Waals surface area contributed by atoms with E-state index in [0.29, 0.717) is 33.4 Å². The first kappa shape index (κ1) is 19.6. The van der Waals surface area contributed by atoms with E-state index in [9.17, 15) is 4.79 Å². The number of aliphatic hydroxyl groups is 1. The molecule has 8 heteroatoms. The summed E-state index contributed by atoms with van der Waals surface area (Å²) in [7, 11) is 0. The second kappa shape index (κ2) is 8.67. The first-order chi connectivity index (χ1) is 13.0. The van der Waals surface area contributed by atoms with Crippen LogP contribution in [-0.4, -0.2) is 16.1 Å². The van der Waals surface area contributed by atoms with Crippen molar-refractivity contribution in [3.63, 3.8) is 0 Å². The topological polar surface area (TPSA) is 74.5 Å². The number of hydrogen-bond donors (Lipinski definition) is 3. The van der Waals surface area contributed by atoms with Crippen molar-refractivity contribution in [3.8, 4) is 11.3 Å². The molecule has 0 aliphatic rings. The summed E-state index contributed by atoms with van der Waals surface area (Å²) in [5.41, 5.74) is 1.77. The maximum atomic E-state index is 12.2. The van der Waals surface area contributed by atoms with E-state index in [1.54, 1.807) is 54.6 Å². The summed E-state index contributed by atoms with van der Waals surface area (Å²) in [4.78, 5) is 12.2. The van der Waals surface area contributed by atoms with Gasteiger partial charge in [0.1, 0.15) is 18.1 Å². The molecule has 3 aromatic rings. The third-order valence-electron chi connectivity index (χ3n) is 3.64. The lowest BCUT2D eigenvalue weighted by Gasteiger charge is -2.11. The van der Waals surface area contributed by atoms with Gasteiger partial charge in [0.2, 0.25) is 0 Å². The van der Waals surface area contributed by atoms with E-state index >= 15 is 0 Å². The van der Waals surface area contributed by atoms with Crippen LogP contribution in [0.15, 0.2) is 63.5 Å². The minimum atomic E-state index is -0.312. The van der Waals surface area contributed by atoms with Gasteiger partial charge in [0, 0.05) is 21.3 Å². The van der Waals surface area contributed by atoms with Gasteiger partial charge in [0.15, 0.2) is 5.11 Å². The van der Waals surface area contributed by atoms with Crippen molar-refractivity contribution in [2.24, 2.45) is 0 Å². The van der Waals surface area contributed by atoms with Crippen molar-refractivity contribution in [1.29, 1.82) is 0 Å². The maximum absolute atomic E-state index is 12.2. The second-order valence-electron chi connectivity index (χ2n) is 5.53. The van der Waals surface area contributed by atoms with Gasteiger partial charge in [-0.25, -0.2) is 0 Å². The van der Waals surface area contributed by atoms with E-state index in [-0.39, 0.29) is 17.6 Å². The average molecular weight is 466 g/mol. The summed E-state index contributed by atoms with van der Waals surface area (Å²) in [6.45, 7) is -0.193. The number of benzene rings is 2. The highest BCUT2D eigenvalue weighted by molar-refractivity contribution is 9.10. The van der Waals surface area contributed by atoms with Crippen molar-refractivity contribution in [1.82, 2.24) is 5.32 Å². The van der Waals surface area contributed by atoms with Crippen LogP contribution >= 0.6 is 39.7 Å². The monoisotopic (exact) mass is 464 g/mol. The predicted molar refractivity (Wildman–Crippen MR) is 113 cm³/mol. The fourth-order valence-electron chi connectivity index (χ4n) is 2.34. The zero-order chi connectivity index (χ0) is 19.4. The Balaban J connectivity index is 1.71. The van der Waals surface area contributed by atoms with E-state index in [4.69, 9.17) is 33.3 Å². The molecule has 0 atom stereocenters. The molecule has 0 fully saturated rings. The highest BCUT2D eigenvalue weighted by Crippen LogP contribution is 2.32. The van der Waals surface area contributed by atoms with Gasteiger partial charge in [-0.3, -0.25) is 10.1 Å².